The van der Waals surface area contributed by atoms with E-state index in [2.05, 4.69) is 14.9 Å². The van der Waals surface area contributed by atoms with Gasteiger partial charge in [0.05, 0.1) is 16.7 Å². The van der Waals surface area contributed by atoms with Gasteiger partial charge in [0.2, 0.25) is 0 Å². The van der Waals surface area contributed by atoms with E-state index in [1.165, 1.54) is 17.7 Å². The van der Waals surface area contributed by atoms with E-state index >= 15 is 0 Å². The SMILES string of the molecule is Clc1ccc([C@H]2CN(c3ncnc4c3CCC4)CCO2)cc1Cl. The van der Waals surface area contributed by atoms with Crippen molar-refractivity contribution >= 4 is 29.0 Å². The number of aromatic nitrogens is 2. The van der Waals surface area contributed by atoms with Crippen molar-refractivity contribution < 1.29 is 4.74 Å². The molecule has 0 bridgehead atoms. The largest absolute Gasteiger partial charge is 0.370 e. The number of halogens is 2. The minimum atomic E-state index is -0.0227. The summed E-state index contributed by atoms with van der Waals surface area (Å²) in [5, 5.41) is 1.13. The van der Waals surface area contributed by atoms with Crippen molar-refractivity contribution in [2.45, 2.75) is 25.4 Å². The first kappa shape index (κ1) is 15.2. The van der Waals surface area contributed by atoms with Gasteiger partial charge in [-0.2, -0.15) is 0 Å². The number of ether oxygens (including phenoxy) is 1. The first-order valence-corrected chi connectivity index (χ1v) is 8.62. The molecule has 2 aromatic rings. The first-order valence-electron chi connectivity index (χ1n) is 7.86. The molecule has 2 heterocycles. The van der Waals surface area contributed by atoms with Gasteiger partial charge in [-0.1, -0.05) is 29.3 Å². The van der Waals surface area contributed by atoms with Gasteiger partial charge in [0.1, 0.15) is 18.2 Å². The van der Waals surface area contributed by atoms with Gasteiger partial charge in [0.25, 0.3) is 0 Å². The number of anilines is 1. The van der Waals surface area contributed by atoms with Gasteiger partial charge in [-0.25, -0.2) is 9.97 Å². The highest BCUT2D eigenvalue weighted by atomic mass is 35.5. The van der Waals surface area contributed by atoms with Crippen molar-refractivity contribution in [3.05, 3.63) is 51.4 Å². The van der Waals surface area contributed by atoms with Crippen LogP contribution in [0.4, 0.5) is 5.82 Å². The molecule has 1 aliphatic carbocycles. The van der Waals surface area contributed by atoms with Crippen molar-refractivity contribution in [1.82, 2.24) is 9.97 Å². The molecule has 0 unspecified atom stereocenters. The van der Waals surface area contributed by atoms with Gasteiger partial charge < -0.3 is 9.64 Å². The fourth-order valence-electron chi connectivity index (χ4n) is 3.37. The fourth-order valence-corrected chi connectivity index (χ4v) is 3.68. The Morgan fingerprint density at radius 3 is 2.91 bits per heavy atom. The van der Waals surface area contributed by atoms with Gasteiger partial charge in [-0.05, 0) is 37.0 Å². The highest BCUT2D eigenvalue weighted by molar-refractivity contribution is 6.42. The fraction of sp³-hybridized carbons (Fsp3) is 0.412. The molecule has 0 radical (unpaired) electrons. The summed E-state index contributed by atoms with van der Waals surface area (Å²) in [7, 11) is 0. The second-order valence-corrected chi connectivity index (χ2v) is 6.77. The lowest BCUT2D eigenvalue weighted by atomic mass is 10.1. The maximum Gasteiger partial charge on any atom is 0.135 e. The average Bonchev–Trinajstić information content (AvgIpc) is 3.06. The molecule has 1 aromatic carbocycles. The maximum atomic E-state index is 6.14. The number of nitrogens with zero attached hydrogens (tertiary/aromatic N) is 3. The third kappa shape index (κ3) is 2.91. The minimum Gasteiger partial charge on any atom is -0.370 e. The molecule has 1 atom stereocenters. The van der Waals surface area contributed by atoms with Crippen LogP contribution in [0.25, 0.3) is 0 Å². The summed E-state index contributed by atoms with van der Waals surface area (Å²) in [6, 6.07) is 5.69. The van der Waals surface area contributed by atoms with E-state index in [1.807, 2.05) is 18.2 Å². The number of hydrogen-bond acceptors (Lipinski definition) is 4. The molecule has 4 nitrogen and oxygen atoms in total. The molecular formula is C17H17Cl2N3O. The number of aryl methyl sites for hydroxylation is 1. The summed E-state index contributed by atoms with van der Waals surface area (Å²) in [5.74, 6) is 1.07. The van der Waals surface area contributed by atoms with E-state index in [0.717, 1.165) is 37.3 Å². The summed E-state index contributed by atoms with van der Waals surface area (Å²) in [5.41, 5.74) is 3.56. The Morgan fingerprint density at radius 2 is 2.04 bits per heavy atom. The van der Waals surface area contributed by atoms with Crippen molar-refractivity contribution in [2.24, 2.45) is 0 Å². The third-order valence-electron chi connectivity index (χ3n) is 4.53. The van der Waals surface area contributed by atoms with Crippen LogP contribution in [0, 0.1) is 0 Å². The van der Waals surface area contributed by atoms with Crippen LogP contribution in [0.15, 0.2) is 24.5 Å². The highest BCUT2D eigenvalue weighted by Gasteiger charge is 2.27. The van der Waals surface area contributed by atoms with Crippen LogP contribution in [0.5, 0.6) is 0 Å². The normalized spacial score (nSPS) is 20.6. The summed E-state index contributed by atoms with van der Waals surface area (Å²) >= 11 is 12.1. The standard InChI is InChI=1S/C17H17Cl2N3O/c18-13-5-4-11(8-14(13)19)16-9-22(6-7-23-16)17-12-2-1-3-15(12)20-10-21-17/h4-5,8,10,16H,1-3,6-7,9H2/t16-/m1/s1. The number of benzene rings is 1. The Kier molecular flexibility index (Phi) is 4.14. The Balaban J connectivity index is 1.60. The molecule has 23 heavy (non-hydrogen) atoms. The molecule has 1 aromatic heterocycles. The van der Waals surface area contributed by atoms with E-state index < -0.39 is 0 Å². The van der Waals surface area contributed by atoms with Crippen LogP contribution in [-0.4, -0.2) is 29.7 Å². The highest BCUT2D eigenvalue weighted by Crippen LogP contribution is 2.33. The monoisotopic (exact) mass is 349 g/mol. The summed E-state index contributed by atoms with van der Waals surface area (Å²) in [6.07, 6.45) is 4.96. The second kappa shape index (κ2) is 6.27. The second-order valence-electron chi connectivity index (χ2n) is 5.96. The number of fused-ring (bicyclic) bond motifs is 1. The van der Waals surface area contributed by atoms with Crippen molar-refractivity contribution in [3.63, 3.8) is 0 Å². The molecular weight excluding hydrogens is 333 g/mol. The molecule has 0 spiro atoms. The van der Waals surface area contributed by atoms with Crippen molar-refractivity contribution in [1.29, 1.82) is 0 Å². The molecule has 4 rings (SSSR count). The Labute approximate surface area is 145 Å². The molecule has 0 amide bonds. The molecule has 2 aliphatic rings. The minimum absolute atomic E-state index is 0.0227. The average molecular weight is 350 g/mol. The van der Waals surface area contributed by atoms with E-state index in [0.29, 0.717) is 16.7 Å². The zero-order chi connectivity index (χ0) is 15.8. The van der Waals surface area contributed by atoms with Crippen LogP contribution >= 0.6 is 23.2 Å². The topological polar surface area (TPSA) is 38.2 Å². The zero-order valence-electron chi connectivity index (χ0n) is 12.6. The van der Waals surface area contributed by atoms with Crippen molar-refractivity contribution in [2.75, 3.05) is 24.6 Å². The predicted molar refractivity (Wildman–Crippen MR) is 91.4 cm³/mol. The molecule has 1 saturated heterocycles. The van der Waals surface area contributed by atoms with Crippen LogP contribution in [0.3, 0.4) is 0 Å². The lowest BCUT2D eigenvalue weighted by Gasteiger charge is -2.35. The molecule has 6 heteroatoms. The number of hydrogen-bond donors (Lipinski definition) is 0. The van der Waals surface area contributed by atoms with Gasteiger partial charge >= 0.3 is 0 Å². The first-order chi connectivity index (χ1) is 11.2. The molecule has 0 saturated carbocycles. The zero-order valence-corrected chi connectivity index (χ0v) is 14.1. The summed E-state index contributed by atoms with van der Waals surface area (Å²) in [4.78, 5) is 11.3. The smallest absolute Gasteiger partial charge is 0.135 e. The van der Waals surface area contributed by atoms with Gasteiger partial charge in [-0.15, -0.1) is 0 Å². The molecule has 0 N–H and O–H groups in total. The summed E-state index contributed by atoms with van der Waals surface area (Å²) < 4.78 is 5.94. The number of rotatable bonds is 2. The van der Waals surface area contributed by atoms with Crippen LogP contribution in [0.1, 0.15) is 29.3 Å². The van der Waals surface area contributed by atoms with E-state index in [1.54, 1.807) is 6.33 Å². The Hall–Kier alpha value is -1.36. The predicted octanol–water partition coefficient (Wildman–Crippen LogP) is 3.85. The third-order valence-corrected chi connectivity index (χ3v) is 5.27. The number of morpholine rings is 1. The van der Waals surface area contributed by atoms with E-state index in [4.69, 9.17) is 27.9 Å². The van der Waals surface area contributed by atoms with Crippen LogP contribution in [0.2, 0.25) is 10.0 Å². The molecule has 120 valence electrons. The van der Waals surface area contributed by atoms with Gasteiger partial charge in [-0.3, -0.25) is 0 Å². The van der Waals surface area contributed by atoms with Crippen LogP contribution < -0.4 is 4.90 Å². The molecule has 1 aliphatic heterocycles. The van der Waals surface area contributed by atoms with E-state index in [9.17, 15) is 0 Å². The lowest BCUT2D eigenvalue weighted by molar-refractivity contribution is 0.0394. The summed E-state index contributed by atoms with van der Waals surface area (Å²) in [6.45, 7) is 2.28. The van der Waals surface area contributed by atoms with Crippen LogP contribution in [-0.2, 0) is 17.6 Å². The van der Waals surface area contributed by atoms with Gasteiger partial charge in [0.15, 0.2) is 0 Å². The Bertz CT molecular complexity index is 738. The lowest BCUT2D eigenvalue weighted by Crippen LogP contribution is -2.39. The molecule has 1 fully saturated rings. The van der Waals surface area contributed by atoms with Gasteiger partial charge in [0, 0.05) is 24.3 Å². The van der Waals surface area contributed by atoms with Crippen molar-refractivity contribution in [3.8, 4) is 0 Å². The maximum absolute atomic E-state index is 6.14. The quantitative estimate of drug-likeness (QED) is 0.825. The Morgan fingerprint density at radius 1 is 1.13 bits per heavy atom. The van der Waals surface area contributed by atoms with E-state index in [-0.39, 0.29) is 6.10 Å².